The first-order valence-electron chi connectivity index (χ1n) is 8.55. The summed E-state index contributed by atoms with van der Waals surface area (Å²) in [5, 5.41) is 11.3. The fourth-order valence-corrected chi connectivity index (χ4v) is 3.71. The zero-order valence-electron chi connectivity index (χ0n) is 14.7. The Labute approximate surface area is 170 Å². The van der Waals surface area contributed by atoms with Crippen LogP contribution in [0.3, 0.4) is 0 Å². The van der Waals surface area contributed by atoms with Gasteiger partial charge in [0.2, 0.25) is 4.80 Å². The molecule has 4 aromatic rings. The van der Waals surface area contributed by atoms with Crippen molar-refractivity contribution in [2.75, 3.05) is 0 Å². The highest BCUT2D eigenvalue weighted by molar-refractivity contribution is 7.07. The van der Waals surface area contributed by atoms with Gasteiger partial charge in [0, 0.05) is 16.1 Å². The molecule has 0 atom stereocenters. The summed E-state index contributed by atoms with van der Waals surface area (Å²) >= 11 is 7.53. The van der Waals surface area contributed by atoms with Gasteiger partial charge in [-0.3, -0.25) is 4.57 Å². The van der Waals surface area contributed by atoms with Gasteiger partial charge < -0.3 is 0 Å². The normalized spacial score (nSPS) is 12.0. The Bertz CT molecular complexity index is 1160. The quantitative estimate of drug-likeness (QED) is 0.296. The number of hydrogen-bond donors (Lipinski definition) is 0. The second kappa shape index (κ2) is 8.33. The van der Waals surface area contributed by atoms with Crippen LogP contribution in [0.1, 0.15) is 5.56 Å². The van der Waals surface area contributed by atoms with Crippen LogP contribution in [0.4, 0.5) is 4.39 Å². The number of aromatic nitrogens is 1. The van der Waals surface area contributed by atoms with Gasteiger partial charge in [0.05, 0.1) is 11.9 Å². The molecule has 0 radical (unpaired) electrons. The minimum atomic E-state index is -0.276. The van der Waals surface area contributed by atoms with E-state index < -0.39 is 0 Å². The predicted molar refractivity (Wildman–Crippen MR) is 114 cm³/mol. The zero-order chi connectivity index (χ0) is 19.3. The van der Waals surface area contributed by atoms with Crippen LogP contribution >= 0.6 is 22.9 Å². The summed E-state index contributed by atoms with van der Waals surface area (Å²) in [4.78, 5) is 0.731. The average Bonchev–Trinajstić information content (AvgIpc) is 3.14. The van der Waals surface area contributed by atoms with Crippen LogP contribution < -0.4 is 4.80 Å². The molecule has 3 aromatic carbocycles. The minimum Gasteiger partial charge on any atom is -0.284 e. The Hall–Kier alpha value is -3.02. The predicted octanol–water partition coefficient (Wildman–Crippen LogP) is 5.93. The smallest absolute Gasteiger partial charge is 0.215 e. The molecule has 6 heteroatoms. The van der Waals surface area contributed by atoms with E-state index in [4.69, 9.17) is 11.6 Å². The SMILES string of the molecule is Fc1ccc(/C=N/N=c2/scc(-c3ccc(Cl)cc3)n2-c2ccccc2)cc1. The molecule has 138 valence electrons. The second-order valence-electron chi connectivity index (χ2n) is 5.98. The van der Waals surface area contributed by atoms with E-state index in [-0.39, 0.29) is 5.82 Å². The molecule has 4 rings (SSSR count). The third kappa shape index (κ3) is 4.11. The van der Waals surface area contributed by atoms with Gasteiger partial charge in [-0.25, -0.2) is 4.39 Å². The maximum absolute atomic E-state index is 13.0. The lowest BCUT2D eigenvalue weighted by Gasteiger charge is -2.09. The van der Waals surface area contributed by atoms with Crippen molar-refractivity contribution < 1.29 is 4.39 Å². The zero-order valence-corrected chi connectivity index (χ0v) is 16.2. The molecule has 0 spiro atoms. The molecule has 28 heavy (non-hydrogen) atoms. The van der Waals surface area contributed by atoms with Crippen LogP contribution in [-0.4, -0.2) is 10.8 Å². The van der Waals surface area contributed by atoms with Gasteiger partial charge in [-0.15, -0.1) is 16.4 Å². The summed E-state index contributed by atoms with van der Waals surface area (Å²) in [7, 11) is 0. The van der Waals surface area contributed by atoms with E-state index in [1.165, 1.54) is 23.5 Å². The maximum Gasteiger partial charge on any atom is 0.215 e. The maximum atomic E-state index is 13.0. The van der Waals surface area contributed by atoms with Gasteiger partial charge in [-0.2, -0.15) is 5.10 Å². The summed E-state index contributed by atoms with van der Waals surface area (Å²) in [5.74, 6) is -0.276. The molecule has 0 N–H and O–H groups in total. The molecular weight excluding hydrogens is 393 g/mol. The van der Waals surface area contributed by atoms with Crippen LogP contribution in [0.5, 0.6) is 0 Å². The molecular formula is C22H15ClFN3S. The van der Waals surface area contributed by atoms with Gasteiger partial charge in [-0.05, 0) is 47.5 Å². The van der Waals surface area contributed by atoms with Crippen molar-refractivity contribution in [3.63, 3.8) is 0 Å². The van der Waals surface area contributed by atoms with Gasteiger partial charge in [0.25, 0.3) is 0 Å². The van der Waals surface area contributed by atoms with E-state index in [2.05, 4.69) is 14.8 Å². The molecule has 1 heterocycles. The van der Waals surface area contributed by atoms with Crippen LogP contribution in [0.2, 0.25) is 5.02 Å². The van der Waals surface area contributed by atoms with Crippen LogP contribution in [0, 0.1) is 5.82 Å². The van der Waals surface area contributed by atoms with Crippen LogP contribution in [-0.2, 0) is 0 Å². The standard InChI is InChI=1S/C22H15ClFN3S/c23-18-10-8-17(9-11-18)21-15-28-22(27(21)20-4-2-1-3-5-20)26-25-14-16-6-12-19(24)13-7-16/h1-15H/b25-14+,26-22+. The molecule has 0 aliphatic rings. The van der Waals surface area contributed by atoms with Gasteiger partial charge in [0.1, 0.15) is 5.82 Å². The summed E-state index contributed by atoms with van der Waals surface area (Å²) in [6.45, 7) is 0. The molecule has 0 saturated heterocycles. The number of halogens is 2. The molecule has 1 aromatic heterocycles. The van der Waals surface area contributed by atoms with Gasteiger partial charge >= 0.3 is 0 Å². The minimum absolute atomic E-state index is 0.276. The Morgan fingerprint density at radius 3 is 2.32 bits per heavy atom. The Morgan fingerprint density at radius 2 is 1.61 bits per heavy atom. The van der Waals surface area contributed by atoms with Crippen LogP contribution in [0.15, 0.2) is 94.4 Å². The third-order valence-corrected chi connectivity index (χ3v) is 5.15. The van der Waals surface area contributed by atoms with E-state index in [0.29, 0.717) is 5.02 Å². The van der Waals surface area contributed by atoms with Crippen molar-refractivity contribution in [3.05, 3.63) is 105 Å². The van der Waals surface area contributed by atoms with E-state index in [0.717, 1.165) is 27.3 Å². The summed E-state index contributed by atoms with van der Waals surface area (Å²) in [6, 6.07) is 23.8. The highest BCUT2D eigenvalue weighted by Crippen LogP contribution is 2.24. The highest BCUT2D eigenvalue weighted by atomic mass is 35.5. The first-order valence-corrected chi connectivity index (χ1v) is 9.81. The number of para-hydroxylation sites is 1. The second-order valence-corrected chi connectivity index (χ2v) is 7.25. The summed E-state index contributed by atoms with van der Waals surface area (Å²) < 4.78 is 15.1. The lowest BCUT2D eigenvalue weighted by atomic mass is 10.1. The lowest BCUT2D eigenvalue weighted by Crippen LogP contribution is -2.13. The van der Waals surface area contributed by atoms with Crippen LogP contribution in [0.25, 0.3) is 16.9 Å². The topological polar surface area (TPSA) is 29.6 Å². The third-order valence-electron chi connectivity index (χ3n) is 4.08. The fraction of sp³-hybridized carbons (Fsp3) is 0. The van der Waals surface area contributed by atoms with E-state index >= 15 is 0 Å². The van der Waals surface area contributed by atoms with Gasteiger partial charge in [0.15, 0.2) is 0 Å². The largest absolute Gasteiger partial charge is 0.284 e. The van der Waals surface area contributed by atoms with E-state index in [1.54, 1.807) is 18.3 Å². The average molecular weight is 408 g/mol. The molecule has 0 aliphatic carbocycles. The van der Waals surface area contributed by atoms with E-state index in [9.17, 15) is 4.39 Å². The number of nitrogens with zero attached hydrogens (tertiary/aromatic N) is 3. The Morgan fingerprint density at radius 1 is 0.893 bits per heavy atom. The van der Waals surface area contributed by atoms with Crippen molar-refractivity contribution in [2.45, 2.75) is 0 Å². The first-order chi connectivity index (χ1) is 13.7. The molecule has 0 amide bonds. The number of rotatable bonds is 4. The molecule has 0 fully saturated rings. The Balaban J connectivity index is 1.79. The first kappa shape index (κ1) is 18.3. The van der Waals surface area contributed by atoms with Crippen molar-refractivity contribution in [3.8, 4) is 16.9 Å². The molecule has 0 saturated carbocycles. The fourth-order valence-electron chi connectivity index (χ4n) is 2.72. The highest BCUT2D eigenvalue weighted by Gasteiger charge is 2.10. The van der Waals surface area contributed by atoms with E-state index in [1.807, 2.05) is 60.0 Å². The Kier molecular flexibility index (Phi) is 5.46. The monoisotopic (exact) mass is 407 g/mol. The van der Waals surface area contributed by atoms with Crippen molar-refractivity contribution in [1.29, 1.82) is 0 Å². The molecule has 0 aliphatic heterocycles. The lowest BCUT2D eigenvalue weighted by molar-refractivity contribution is 0.628. The van der Waals surface area contributed by atoms with Crippen molar-refractivity contribution in [2.24, 2.45) is 10.2 Å². The molecule has 3 nitrogen and oxygen atoms in total. The number of thiazole rings is 1. The molecule has 0 unspecified atom stereocenters. The molecule has 0 bridgehead atoms. The number of benzene rings is 3. The number of hydrogen-bond acceptors (Lipinski definition) is 3. The summed E-state index contributed by atoms with van der Waals surface area (Å²) in [6.07, 6.45) is 1.61. The van der Waals surface area contributed by atoms with Crippen molar-refractivity contribution >= 4 is 29.2 Å². The summed E-state index contributed by atoms with van der Waals surface area (Å²) in [5.41, 5.74) is 3.81. The van der Waals surface area contributed by atoms with Crippen molar-refractivity contribution in [1.82, 2.24) is 4.57 Å². The van der Waals surface area contributed by atoms with Gasteiger partial charge in [-0.1, -0.05) is 54.1 Å².